The van der Waals surface area contributed by atoms with Crippen LogP contribution in [0.4, 0.5) is 4.79 Å². The van der Waals surface area contributed by atoms with Crippen LogP contribution in [0.3, 0.4) is 0 Å². The van der Waals surface area contributed by atoms with Gasteiger partial charge in [-0.05, 0) is 91.3 Å². The maximum Gasteiger partial charge on any atom is 0.407 e. The van der Waals surface area contributed by atoms with Crippen LogP contribution in [-0.2, 0) is 14.3 Å². The van der Waals surface area contributed by atoms with Crippen LogP contribution in [0.2, 0.25) is 0 Å². The van der Waals surface area contributed by atoms with Crippen LogP contribution in [0.15, 0.2) is 11.6 Å². The van der Waals surface area contributed by atoms with E-state index in [1.807, 2.05) is 0 Å². The molecule has 0 spiro atoms. The molecule has 0 radical (unpaired) electrons. The number of alkyl carbamates (subject to hydrolysis) is 1. The summed E-state index contributed by atoms with van der Waals surface area (Å²) in [5.41, 5.74) is 2.17. The van der Waals surface area contributed by atoms with Crippen molar-refractivity contribution in [3.63, 3.8) is 0 Å². The molecule has 3 saturated carbocycles. The van der Waals surface area contributed by atoms with Gasteiger partial charge in [0.2, 0.25) is 0 Å². The third-order valence-corrected chi connectivity index (χ3v) is 12.4. The zero-order chi connectivity index (χ0) is 31.9. The lowest BCUT2D eigenvalue weighted by Gasteiger charge is -2.58. The number of fused-ring (bicyclic) bond motifs is 5. The van der Waals surface area contributed by atoms with E-state index < -0.39 is 12.1 Å². The summed E-state index contributed by atoms with van der Waals surface area (Å²) in [6, 6.07) is 0. The number of amides is 1. The lowest BCUT2D eigenvalue weighted by Crippen LogP contribution is -2.51. The van der Waals surface area contributed by atoms with Crippen LogP contribution in [0.25, 0.3) is 0 Å². The molecule has 0 aromatic rings. The number of aliphatic hydroxyl groups is 2. The fraction of sp³-hybridized carbons (Fsp3) is 0.889. The molecule has 252 valence electrons. The molecule has 0 saturated heterocycles. The van der Waals surface area contributed by atoms with Gasteiger partial charge in [0.05, 0.1) is 13.2 Å². The third-order valence-electron chi connectivity index (χ3n) is 12.4. The molecule has 0 aromatic heterocycles. The minimum Gasteiger partial charge on any atom is -0.463 e. The molecule has 8 nitrogen and oxygen atoms in total. The number of rotatable bonds is 15. The topological polar surface area (TPSA) is 108 Å². The van der Waals surface area contributed by atoms with Gasteiger partial charge in [0.1, 0.15) is 19.3 Å². The number of carbonyl (C=O) groups excluding carboxylic acids is 2. The smallest absolute Gasteiger partial charge is 0.407 e. The van der Waals surface area contributed by atoms with E-state index in [-0.39, 0.29) is 37.9 Å². The number of hydrogen-bond donors (Lipinski definition) is 3. The third kappa shape index (κ3) is 8.19. The van der Waals surface area contributed by atoms with E-state index in [0.29, 0.717) is 25.0 Å². The maximum absolute atomic E-state index is 12.6. The molecular weight excluding hydrogens is 556 g/mol. The maximum atomic E-state index is 12.6. The molecule has 0 aliphatic heterocycles. The molecule has 0 bridgehead atoms. The van der Waals surface area contributed by atoms with Gasteiger partial charge >= 0.3 is 12.1 Å². The first-order valence-corrected chi connectivity index (χ1v) is 17.8. The van der Waals surface area contributed by atoms with Gasteiger partial charge in [0.15, 0.2) is 0 Å². The van der Waals surface area contributed by atoms with Crippen molar-refractivity contribution >= 4 is 12.1 Å². The first-order valence-electron chi connectivity index (χ1n) is 17.8. The van der Waals surface area contributed by atoms with Crippen molar-refractivity contribution in [1.82, 2.24) is 10.2 Å². The average Bonchev–Trinajstić information content (AvgIpc) is 3.33. The van der Waals surface area contributed by atoms with Crippen molar-refractivity contribution in [1.29, 1.82) is 0 Å². The Balaban J connectivity index is 1.25. The molecule has 8 heteroatoms. The fourth-order valence-electron chi connectivity index (χ4n) is 10.0. The van der Waals surface area contributed by atoms with E-state index in [9.17, 15) is 9.59 Å². The number of aliphatic hydroxyl groups excluding tert-OH is 2. The van der Waals surface area contributed by atoms with Crippen LogP contribution in [0, 0.1) is 46.3 Å². The standard InChI is InChI=1S/C36H62N2O6/c1-25(2)7-6-8-26(3)30-11-12-31-29-10-9-27-23-28(13-15-35(27,4)32(29)14-16-36(30,31)5)44-34(42)37-24-33(41)43-22-19-38(17-20-39)18-21-40/h9,25-26,28-32,39-40H,6-8,10-24H2,1-5H3,(H,37,42)/t26-,28+,29+,30-,31+,32+,35+,36-/m1/s1. The Labute approximate surface area is 266 Å². The number of ether oxygens (including phenoxy) is 2. The number of carbonyl (C=O) groups is 2. The van der Waals surface area contributed by atoms with Gasteiger partial charge in [-0.3, -0.25) is 9.69 Å². The summed E-state index contributed by atoms with van der Waals surface area (Å²) in [4.78, 5) is 26.5. The Kier molecular flexibility index (Phi) is 12.6. The summed E-state index contributed by atoms with van der Waals surface area (Å²) in [7, 11) is 0. The van der Waals surface area contributed by atoms with E-state index in [0.717, 1.165) is 54.8 Å². The molecular formula is C36H62N2O6. The van der Waals surface area contributed by atoms with Gasteiger partial charge in [-0.1, -0.05) is 65.5 Å². The second-order valence-electron chi connectivity index (χ2n) is 15.4. The lowest BCUT2D eigenvalue weighted by molar-refractivity contribution is -0.143. The Morgan fingerprint density at radius 1 is 1.00 bits per heavy atom. The molecule has 0 aromatic carbocycles. The Bertz CT molecular complexity index is 980. The number of esters is 1. The SMILES string of the molecule is CC(C)CCC[C@@H](C)[C@H]1CC[C@H]2[C@@H]3CC=C4C[C@@H](OC(=O)NCC(=O)OCCN(CCO)CCO)CC[C@]4(C)[C@H]3CC[C@]12C. The summed E-state index contributed by atoms with van der Waals surface area (Å²) in [5.74, 6) is 4.30. The van der Waals surface area contributed by atoms with E-state index >= 15 is 0 Å². The van der Waals surface area contributed by atoms with Gasteiger partial charge in [0.25, 0.3) is 0 Å². The average molecular weight is 619 g/mol. The lowest BCUT2D eigenvalue weighted by atomic mass is 9.47. The van der Waals surface area contributed by atoms with Gasteiger partial charge in [-0.25, -0.2) is 4.79 Å². The molecule has 8 atom stereocenters. The highest BCUT2D eigenvalue weighted by Gasteiger charge is 2.59. The van der Waals surface area contributed by atoms with Gasteiger partial charge in [-0.2, -0.15) is 0 Å². The summed E-state index contributed by atoms with van der Waals surface area (Å²) < 4.78 is 11.0. The number of hydrogen-bond acceptors (Lipinski definition) is 7. The van der Waals surface area contributed by atoms with Crippen LogP contribution in [0.1, 0.15) is 105 Å². The van der Waals surface area contributed by atoms with Crippen LogP contribution in [0.5, 0.6) is 0 Å². The Hall–Kier alpha value is -1.64. The number of allylic oxidation sites excluding steroid dienone is 1. The van der Waals surface area contributed by atoms with E-state index in [1.165, 1.54) is 56.9 Å². The highest BCUT2D eigenvalue weighted by molar-refractivity contribution is 5.77. The van der Waals surface area contributed by atoms with E-state index in [2.05, 4.69) is 46.0 Å². The number of nitrogens with one attached hydrogen (secondary N) is 1. The predicted octanol–water partition coefficient (Wildman–Crippen LogP) is 5.95. The minimum atomic E-state index is -0.569. The van der Waals surface area contributed by atoms with Crippen molar-refractivity contribution in [3.8, 4) is 0 Å². The van der Waals surface area contributed by atoms with E-state index in [4.69, 9.17) is 19.7 Å². The van der Waals surface area contributed by atoms with Crippen LogP contribution < -0.4 is 5.32 Å². The largest absolute Gasteiger partial charge is 0.463 e. The molecule has 4 rings (SSSR count). The molecule has 0 heterocycles. The van der Waals surface area contributed by atoms with Crippen molar-refractivity contribution in [3.05, 3.63) is 11.6 Å². The molecule has 0 unspecified atom stereocenters. The molecule has 4 aliphatic carbocycles. The second-order valence-corrected chi connectivity index (χ2v) is 15.4. The summed E-state index contributed by atoms with van der Waals surface area (Å²) in [6.07, 6.45) is 15.3. The van der Waals surface area contributed by atoms with Gasteiger partial charge in [0, 0.05) is 26.1 Å². The van der Waals surface area contributed by atoms with Gasteiger partial charge in [-0.15, -0.1) is 0 Å². The predicted molar refractivity (Wildman–Crippen MR) is 173 cm³/mol. The Morgan fingerprint density at radius 2 is 1.75 bits per heavy atom. The first-order chi connectivity index (χ1) is 21.0. The molecule has 4 aliphatic rings. The monoisotopic (exact) mass is 618 g/mol. The van der Waals surface area contributed by atoms with Crippen molar-refractivity contribution in [2.24, 2.45) is 46.3 Å². The van der Waals surface area contributed by atoms with Crippen LogP contribution >= 0.6 is 0 Å². The normalized spacial score (nSPS) is 33.7. The van der Waals surface area contributed by atoms with Crippen molar-refractivity contribution in [2.75, 3.05) is 46.0 Å². The minimum absolute atomic E-state index is 0.0295. The summed E-state index contributed by atoms with van der Waals surface area (Å²) in [5, 5.41) is 20.7. The van der Waals surface area contributed by atoms with Crippen molar-refractivity contribution < 1.29 is 29.3 Å². The summed E-state index contributed by atoms with van der Waals surface area (Å²) >= 11 is 0. The fourth-order valence-corrected chi connectivity index (χ4v) is 10.0. The zero-order valence-corrected chi connectivity index (χ0v) is 28.3. The quantitative estimate of drug-likeness (QED) is 0.154. The van der Waals surface area contributed by atoms with Crippen LogP contribution in [-0.4, -0.2) is 79.3 Å². The first kappa shape index (κ1) is 35.2. The molecule has 1 amide bonds. The van der Waals surface area contributed by atoms with Gasteiger partial charge < -0.3 is 25.0 Å². The molecule has 3 N–H and O–H groups in total. The highest BCUT2D eigenvalue weighted by Crippen LogP contribution is 2.67. The second kappa shape index (κ2) is 15.8. The Morgan fingerprint density at radius 3 is 2.45 bits per heavy atom. The molecule has 3 fully saturated rings. The highest BCUT2D eigenvalue weighted by atomic mass is 16.6. The summed E-state index contributed by atoms with van der Waals surface area (Å²) in [6.45, 7) is 13.4. The number of nitrogens with zero attached hydrogens (tertiary/aromatic N) is 1. The zero-order valence-electron chi connectivity index (χ0n) is 28.3. The van der Waals surface area contributed by atoms with Crippen molar-refractivity contribution in [2.45, 2.75) is 111 Å². The molecule has 44 heavy (non-hydrogen) atoms. The van der Waals surface area contributed by atoms with E-state index in [1.54, 1.807) is 4.90 Å².